The molecule has 0 bridgehead atoms. The first kappa shape index (κ1) is 24.8. The van der Waals surface area contributed by atoms with Crippen LogP contribution in [0.4, 0.5) is 0 Å². The van der Waals surface area contributed by atoms with Gasteiger partial charge in [-0.05, 0) is 55.5 Å². The molecule has 2 aromatic carbocycles. The third-order valence-corrected chi connectivity index (χ3v) is 7.53. The second kappa shape index (κ2) is 9.88. The first-order valence-electron chi connectivity index (χ1n) is 13.2. The van der Waals surface area contributed by atoms with E-state index in [1.807, 2.05) is 10.6 Å². The van der Waals surface area contributed by atoms with Crippen LogP contribution in [0.25, 0.3) is 33.9 Å². The van der Waals surface area contributed by atoms with E-state index in [9.17, 15) is 9.59 Å². The van der Waals surface area contributed by atoms with Crippen molar-refractivity contribution in [2.75, 3.05) is 0 Å². The molecule has 5 rings (SSSR count). The van der Waals surface area contributed by atoms with Crippen LogP contribution in [0.3, 0.4) is 0 Å². The molecule has 0 atom stereocenters. The van der Waals surface area contributed by atoms with Gasteiger partial charge in [-0.1, -0.05) is 62.9 Å². The zero-order chi connectivity index (χ0) is 26.3. The highest BCUT2D eigenvalue weighted by Crippen LogP contribution is 2.30. The van der Waals surface area contributed by atoms with Gasteiger partial charge in [-0.2, -0.15) is 4.98 Å². The Morgan fingerprint density at radius 3 is 2.27 bits per heavy atom. The summed E-state index contributed by atoms with van der Waals surface area (Å²) in [6.45, 7) is 6.43. The molecule has 3 heterocycles. The highest BCUT2D eigenvalue weighted by Gasteiger charge is 2.22. The fourth-order valence-corrected chi connectivity index (χ4v) is 5.07. The Kier molecular flexibility index (Phi) is 6.63. The molecule has 0 aliphatic rings. The van der Waals surface area contributed by atoms with Crippen LogP contribution in [0.15, 0.2) is 58.3 Å². The first-order chi connectivity index (χ1) is 17.8. The summed E-state index contributed by atoms with van der Waals surface area (Å²) in [7, 11) is 3.16. The summed E-state index contributed by atoms with van der Waals surface area (Å²) in [5.41, 5.74) is 6.71. The molecule has 0 spiro atoms. The van der Waals surface area contributed by atoms with Crippen molar-refractivity contribution in [3.8, 4) is 16.9 Å². The zero-order valence-electron chi connectivity index (χ0n) is 22.4. The molecule has 7 heteroatoms. The minimum absolute atomic E-state index is 0.354. The van der Waals surface area contributed by atoms with Crippen molar-refractivity contribution in [1.82, 2.24) is 23.1 Å². The lowest BCUT2D eigenvalue weighted by Crippen LogP contribution is -2.37. The summed E-state index contributed by atoms with van der Waals surface area (Å²) < 4.78 is 6.47. The number of nitrogens with zero attached hydrogens (tertiary/aromatic N) is 5. The standard InChI is InChI=1S/C30H35N5O2/c1-6-7-8-9-10-11-22-13-15-23(16-14-22)25-19-34-26-27(32(4)30(37)33(5)28(26)36)31-29(34)35(25)24-17-12-20(2)21(3)18-24/h12-19H,6-11H2,1-5H3. The maximum absolute atomic E-state index is 13.2. The summed E-state index contributed by atoms with van der Waals surface area (Å²) in [4.78, 5) is 30.5. The Labute approximate surface area is 216 Å². The number of fused-ring (bicyclic) bond motifs is 3. The van der Waals surface area contributed by atoms with Crippen LogP contribution < -0.4 is 11.2 Å². The Bertz CT molecular complexity index is 1710. The van der Waals surface area contributed by atoms with Crippen LogP contribution in [0, 0.1) is 13.8 Å². The van der Waals surface area contributed by atoms with Crippen molar-refractivity contribution in [3.05, 3.63) is 86.2 Å². The van der Waals surface area contributed by atoms with Gasteiger partial charge in [0.2, 0.25) is 5.78 Å². The number of rotatable bonds is 8. The summed E-state index contributed by atoms with van der Waals surface area (Å²) in [5.74, 6) is 0.603. The van der Waals surface area contributed by atoms with E-state index >= 15 is 0 Å². The summed E-state index contributed by atoms with van der Waals surface area (Å²) in [6, 6.07) is 15.0. The predicted octanol–water partition coefficient (Wildman–Crippen LogP) is 5.47. The van der Waals surface area contributed by atoms with E-state index in [-0.39, 0.29) is 11.2 Å². The average Bonchev–Trinajstić information content (AvgIpc) is 3.45. The van der Waals surface area contributed by atoms with E-state index < -0.39 is 0 Å². The first-order valence-corrected chi connectivity index (χ1v) is 13.2. The molecular weight excluding hydrogens is 462 g/mol. The van der Waals surface area contributed by atoms with Crippen molar-refractivity contribution in [3.63, 3.8) is 0 Å². The molecule has 0 radical (unpaired) electrons. The second-order valence-electron chi connectivity index (χ2n) is 10.1. The normalized spacial score (nSPS) is 11.7. The summed E-state index contributed by atoms with van der Waals surface area (Å²) in [5, 5.41) is 0. The maximum atomic E-state index is 13.2. The number of benzene rings is 2. The van der Waals surface area contributed by atoms with E-state index in [4.69, 9.17) is 4.98 Å². The number of aromatic nitrogens is 5. The van der Waals surface area contributed by atoms with Crippen molar-refractivity contribution in [2.45, 2.75) is 59.3 Å². The Hall–Kier alpha value is -3.87. The molecule has 0 amide bonds. The van der Waals surface area contributed by atoms with Gasteiger partial charge in [0.05, 0.1) is 5.69 Å². The van der Waals surface area contributed by atoms with Gasteiger partial charge in [-0.3, -0.25) is 22.9 Å². The molecule has 0 N–H and O–H groups in total. The molecule has 192 valence electrons. The molecule has 5 aromatic rings. The number of imidazole rings is 2. The van der Waals surface area contributed by atoms with E-state index in [1.54, 1.807) is 7.05 Å². The molecule has 0 fully saturated rings. The number of aryl methyl sites for hydroxylation is 4. The highest BCUT2D eigenvalue weighted by atomic mass is 16.2. The molecule has 3 aromatic heterocycles. The molecule has 0 aliphatic carbocycles. The Balaban J connectivity index is 1.66. The zero-order valence-corrected chi connectivity index (χ0v) is 22.4. The maximum Gasteiger partial charge on any atom is 0.332 e. The second-order valence-corrected chi connectivity index (χ2v) is 10.1. The molecular formula is C30H35N5O2. The molecule has 0 saturated carbocycles. The van der Waals surface area contributed by atoms with Gasteiger partial charge in [0.25, 0.3) is 5.56 Å². The Morgan fingerprint density at radius 2 is 1.57 bits per heavy atom. The summed E-state index contributed by atoms with van der Waals surface area (Å²) in [6.07, 6.45) is 9.40. The van der Waals surface area contributed by atoms with Gasteiger partial charge in [-0.25, -0.2) is 4.79 Å². The SMILES string of the molecule is CCCCCCCc1ccc(-c2cn3c4c(=O)n(C)c(=O)n(C)c4nc3n2-c2ccc(C)c(C)c2)cc1. The van der Waals surface area contributed by atoms with Crippen molar-refractivity contribution in [2.24, 2.45) is 14.1 Å². The smallest absolute Gasteiger partial charge is 0.279 e. The largest absolute Gasteiger partial charge is 0.332 e. The van der Waals surface area contributed by atoms with Gasteiger partial charge >= 0.3 is 5.69 Å². The van der Waals surface area contributed by atoms with Crippen LogP contribution in [0.5, 0.6) is 0 Å². The minimum atomic E-state index is -0.388. The molecule has 37 heavy (non-hydrogen) atoms. The van der Waals surface area contributed by atoms with E-state index in [0.717, 1.165) is 27.9 Å². The predicted molar refractivity (Wildman–Crippen MR) is 150 cm³/mol. The van der Waals surface area contributed by atoms with Gasteiger partial charge in [0, 0.05) is 31.5 Å². The van der Waals surface area contributed by atoms with E-state index in [0.29, 0.717) is 16.9 Å². The van der Waals surface area contributed by atoms with Gasteiger partial charge in [0.1, 0.15) is 0 Å². The van der Waals surface area contributed by atoms with Crippen LogP contribution in [-0.2, 0) is 20.5 Å². The topological polar surface area (TPSA) is 66.2 Å². The highest BCUT2D eigenvalue weighted by molar-refractivity contribution is 5.79. The molecule has 0 saturated heterocycles. The third-order valence-electron chi connectivity index (χ3n) is 7.53. The van der Waals surface area contributed by atoms with Crippen LogP contribution in [-0.4, -0.2) is 23.1 Å². The van der Waals surface area contributed by atoms with Crippen LogP contribution in [0.1, 0.15) is 55.7 Å². The lowest BCUT2D eigenvalue weighted by molar-refractivity contribution is 0.632. The van der Waals surface area contributed by atoms with Gasteiger partial charge in [0.15, 0.2) is 11.2 Å². The Morgan fingerprint density at radius 1 is 0.838 bits per heavy atom. The number of unbranched alkanes of at least 4 members (excludes halogenated alkanes) is 4. The third kappa shape index (κ3) is 4.32. The molecule has 0 unspecified atom stereocenters. The lowest BCUT2D eigenvalue weighted by Gasteiger charge is -2.12. The fourth-order valence-electron chi connectivity index (χ4n) is 5.07. The minimum Gasteiger partial charge on any atom is -0.279 e. The quantitative estimate of drug-likeness (QED) is 0.267. The van der Waals surface area contributed by atoms with Crippen molar-refractivity contribution in [1.29, 1.82) is 0 Å². The van der Waals surface area contributed by atoms with E-state index in [1.165, 1.54) is 60.4 Å². The van der Waals surface area contributed by atoms with E-state index in [2.05, 4.69) is 67.8 Å². The lowest BCUT2D eigenvalue weighted by atomic mass is 10.0. The van der Waals surface area contributed by atoms with Crippen molar-refractivity contribution >= 4 is 16.9 Å². The number of hydrogen-bond acceptors (Lipinski definition) is 3. The van der Waals surface area contributed by atoms with Gasteiger partial charge < -0.3 is 0 Å². The van der Waals surface area contributed by atoms with Gasteiger partial charge in [-0.15, -0.1) is 0 Å². The molecule has 0 aliphatic heterocycles. The average molecular weight is 498 g/mol. The monoisotopic (exact) mass is 497 g/mol. The molecule has 7 nitrogen and oxygen atoms in total. The van der Waals surface area contributed by atoms with Crippen LogP contribution >= 0.6 is 0 Å². The van der Waals surface area contributed by atoms with Crippen molar-refractivity contribution < 1.29 is 0 Å². The summed E-state index contributed by atoms with van der Waals surface area (Å²) >= 11 is 0. The van der Waals surface area contributed by atoms with Crippen LogP contribution in [0.2, 0.25) is 0 Å². The number of hydrogen-bond donors (Lipinski definition) is 0. The fraction of sp³-hybridized carbons (Fsp3) is 0.367.